The van der Waals surface area contributed by atoms with Gasteiger partial charge in [0.05, 0.1) is 12.2 Å². The molecule has 1 amide bonds. The minimum atomic E-state index is -0.293. The molecule has 0 saturated heterocycles. The number of carbonyl (C=O) groups is 1. The quantitative estimate of drug-likeness (QED) is 0.794. The van der Waals surface area contributed by atoms with Crippen LogP contribution in [-0.2, 0) is 0 Å². The molecule has 0 fully saturated rings. The van der Waals surface area contributed by atoms with Crippen LogP contribution in [0.15, 0.2) is 48.5 Å². The summed E-state index contributed by atoms with van der Waals surface area (Å²) >= 11 is 5.28. The van der Waals surface area contributed by atoms with Gasteiger partial charge in [-0.3, -0.25) is 10.1 Å². The fourth-order valence-electron chi connectivity index (χ4n) is 2.37. The molecule has 0 unspecified atom stereocenters. The Hall–Kier alpha value is -2.40. The van der Waals surface area contributed by atoms with E-state index >= 15 is 0 Å². The summed E-state index contributed by atoms with van der Waals surface area (Å²) in [6.07, 6.45) is 0. The summed E-state index contributed by atoms with van der Waals surface area (Å²) in [5, 5.41) is 6.08. The van der Waals surface area contributed by atoms with E-state index in [4.69, 9.17) is 17.0 Å². The first kappa shape index (κ1) is 17.9. The highest BCUT2D eigenvalue weighted by atomic mass is 32.1. The lowest BCUT2D eigenvalue weighted by molar-refractivity contribution is 0.0974. The number of para-hydroxylation sites is 2. The van der Waals surface area contributed by atoms with Gasteiger partial charge in [-0.05, 0) is 48.8 Å². The number of benzene rings is 2. The zero-order chi connectivity index (χ0) is 17.5. The van der Waals surface area contributed by atoms with Gasteiger partial charge >= 0.3 is 0 Å². The summed E-state index contributed by atoms with van der Waals surface area (Å²) in [5.74, 6) is 0.604. The van der Waals surface area contributed by atoms with E-state index in [1.165, 1.54) is 0 Å². The number of amides is 1. The van der Waals surface area contributed by atoms with Gasteiger partial charge in [0.2, 0.25) is 0 Å². The highest BCUT2D eigenvalue weighted by Crippen LogP contribution is 2.23. The minimum absolute atomic E-state index is 0.263. The number of hydrogen-bond acceptors (Lipinski definition) is 3. The number of nitrogens with one attached hydrogen (secondary N) is 2. The summed E-state index contributed by atoms with van der Waals surface area (Å²) in [6.45, 7) is 6.60. The lowest BCUT2D eigenvalue weighted by Crippen LogP contribution is -2.34. The monoisotopic (exact) mass is 342 g/mol. The van der Waals surface area contributed by atoms with E-state index in [9.17, 15) is 4.79 Å². The van der Waals surface area contributed by atoms with Gasteiger partial charge < -0.3 is 10.1 Å². The lowest BCUT2D eigenvalue weighted by Gasteiger charge is -2.16. The molecule has 0 aliphatic rings. The normalized spacial score (nSPS) is 10.3. The highest BCUT2D eigenvalue weighted by Gasteiger charge is 2.14. The fraction of sp³-hybridized carbons (Fsp3) is 0.263. The first-order chi connectivity index (χ1) is 11.5. The Bertz CT molecular complexity index is 729. The Morgan fingerprint density at radius 1 is 1.12 bits per heavy atom. The minimum Gasteiger partial charge on any atom is -0.493 e. The van der Waals surface area contributed by atoms with Gasteiger partial charge in [0, 0.05) is 5.69 Å². The molecule has 0 spiro atoms. The number of ether oxygens (including phenoxy) is 1. The summed E-state index contributed by atoms with van der Waals surface area (Å²) < 4.78 is 5.48. The Labute approximate surface area is 148 Å². The molecular weight excluding hydrogens is 320 g/mol. The Morgan fingerprint density at radius 3 is 2.50 bits per heavy atom. The first-order valence-corrected chi connectivity index (χ1v) is 8.36. The molecule has 2 rings (SSSR count). The van der Waals surface area contributed by atoms with Crippen molar-refractivity contribution < 1.29 is 9.53 Å². The molecule has 0 aromatic heterocycles. The number of thiocarbonyl (C=S) groups is 1. The van der Waals surface area contributed by atoms with Crippen molar-refractivity contribution in [3.8, 4) is 5.75 Å². The van der Waals surface area contributed by atoms with Crippen LogP contribution in [0.1, 0.15) is 42.6 Å². The van der Waals surface area contributed by atoms with Crippen molar-refractivity contribution >= 4 is 28.9 Å². The molecule has 24 heavy (non-hydrogen) atoms. The second-order valence-electron chi connectivity index (χ2n) is 5.58. The van der Waals surface area contributed by atoms with Crippen molar-refractivity contribution in [1.29, 1.82) is 0 Å². The van der Waals surface area contributed by atoms with E-state index in [1.807, 2.05) is 37.3 Å². The smallest absolute Gasteiger partial charge is 0.261 e. The third kappa shape index (κ3) is 4.55. The number of hydrogen-bond donors (Lipinski definition) is 2. The maximum atomic E-state index is 12.4. The topological polar surface area (TPSA) is 50.4 Å². The maximum absolute atomic E-state index is 12.4. The van der Waals surface area contributed by atoms with Crippen molar-refractivity contribution in [3.63, 3.8) is 0 Å². The van der Waals surface area contributed by atoms with Crippen molar-refractivity contribution in [3.05, 3.63) is 59.7 Å². The second-order valence-corrected chi connectivity index (χ2v) is 5.99. The van der Waals surface area contributed by atoms with E-state index in [2.05, 4.69) is 24.5 Å². The highest BCUT2D eigenvalue weighted by molar-refractivity contribution is 7.80. The Morgan fingerprint density at radius 2 is 1.79 bits per heavy atom. The van der Waals surface area contributed by atoms with Crippen LogP contribution < -0.4 is 15.4 Å². The van der Waals surface area contributed by atoms with Crippen LogP contribution in [0.3, 0.4) is 0 Å². The summed E-state index contributed by atoms with van der Waals surface area (Å²) in [5.41, 5.74) is 2.50. The zero-order valence-electron chi connectivity index (χ0n) is 14.1. The average molecular weight is 342 g/mol. The van der Waals surface area contributed by atoms with Gasteiger partial charge in [0.25, 0.3) is 5.91 Å². The molecule has 0 bridgehead atoms. The van der Waals surface area contributed by atoms with Crippen LogP contribution in [0.5, 0.6) is 5.75 Å². The van der Waals surface area contributed by atoms with Crippen LogP contribution in [0, 0.1) is 0 Å². The Kier molecular flexibility index (Phi) is 6.32. The second kappa shape index (κ2) is 8.45. The van der Waals surface area contributed by atoms with Crippen LogP contribution in [-0.4, -0.2) is 17.6 Å². The van der Waals surface area contributed by atoms with Crippen molar-refractivity contribution in [2.24, 2.45) is 0 Å². The van der Waals surface area contributed by atoms with Gasteiger partial charge in [-0.25, -0.2) is 0 Å². The predicted molar refractivity (Wildman–Crippen MR) is 102 cm³/mol. The third-order valence-electron chi connectivity index (χ3n) is 3.49. The van der Waals surface area contributed by atoms with E-state index in [-0.39, 0.29) is 11.0 Å². The molecule has 0 aliphatic carbocycles. The van der Waals surface area contributed by atoms with E-state index in [1.54, 1.807) is 18.2 Å². The molecule has 126 valence electrons. The molecule has 2 aromatic rings. The van der Waals surface area contributed by atoms with Crippen LogP contribution >= 0.6 is 12.2 Å². The first-order valence-electron chi connectivity index (χ1n) is 7.96. The number of anilines is 1. The molecule has 5 heteroatoms. The molecular formula is C19H22N2O2S. The molecule has 2 aromatic carbocycles. The summed E-state index contributed by atoms with van der Waals surface area (Å²) in [7, 11) is 0. The van der Waals surface area contributed by atoms with Gasteiger partial charge in [-0.15, -0.1) is 0 Å². The predicted octanol–water partition coefficient (Wildman–Crippen LogP) is 4.34. The molecule has 0 radical (unpaired) electrons. The Balaban J connectivity index is 2.09. The summed E-state index contributed by atoms with van der Waals surface area (Å²) in [6, 6.07) is 15.0. The molecule has 2 N–H and O–H groups in total. The van der Waals surface area contributed by atoms with Crippen LogP contribution in [0.25, 0.3) is 0 Å². The van der Waals surface area contributed by atoms with E-state index in [0.29, 0.717) is 23.8 Å². The molecule has 0 aliphatic heterocycles. The largest absolute Gasteiger partial charge is 0.493 e. The molecule has 0 atom stereocenters. The van der Waals surface area contributed by atoms with Gasteiger partial charge in [0.1, 0.15) is 5.75 Å². The van der Waals surface area contributed by atoms with Crippen molar-refractivity contribution in [2.45, 2.75) is 26.7 Å². The zero-order valence-corrected chi connectivity index (χ0v) is 14.9. The number of carbonyl (C=O) groups excluding carboxylic acids is 1. The van der Waals surface area contributed by atoms with E-state index < -0.39 is 0 Å². The summed E-state index contributed by atoms with van der Waals surface area (Å²) in [4.78, 5) is 12.4. The van der Waals surface area contributed by atoms with E-state index in [0.717, 1.165) is 11.3 Å². The van der Waals surface area contributed by atoms with Gasteiger partial charge in [0.15, 0.2) is 5.11 Å². The van der Waals surface area contributed by atoms with Crippen molar-refractivity contribution in [1.82, 2.24) is 5.32 Å². The standard InChI is InChI=1S/C19H22N2O2S/c1-4-23-17-12-8-6-10-15(17)18(22)21-19(24)20-16-11-7-5-9-14(16)13(2)3/h5-13H,4H2,1-3H3,(H2,20,21,22,24). The maximum Gasteiger partial charge on any atom is 0.261 e. The molecule has 0 saturated carbocycles. The lowest BCUT2D eigenvalue weighted by atomic mass is 10.0. The van der Waals surface area contributed by atoms with Crippen LogP contribution in [0.2, 0.25) is 0 Å². The van der Waals surface area contributed by atoms with Crippen LogP contribution in [0.4, 0.5) is 5.69 Å². The SMILES string of the molecule is CCOc1ccccc1C(=O)NC(=S)Nc1ccccc1C(C)C. The van der Waals surface area contributed by atoms with Gasteiger partial charge in [-0.1, -0.05) is 44.2 Å². The third-order valence-corrected chi connectivity index (χ3v) is 3.69. The molecule has 4 nitrogen and oxygen atoms in total. The molecule has 0 heterocycles. The van der Waals surface area contributed by atoms with Gasteiger partial charge in [-0.2, -0.15) is 0 Å². The fourth-order valence-corrected chi connectivity index (χ4v) is 2.58. The average Bonchev–Trinajstić information content (AvgIpc) is 2.55. The number of rotatable bonds is 5. The van der Waals surface area contributed by atoms with Crippen molar-refractivity contribution in [2.75, 3.05) is 11.9 Å².